The highest BCUT2D eigenvalue weighted by atomic mass is 16.5. The third kappa shape index (κ3) is 3.19. The lowest BCUT2D eigenvalue weighted by Crippen LogP contribution is -2.37. The fourth-order valence-corrected chi connectivity index (χ4v) is 2.88. The summed E-state index contributed by atoms with van der Waals surface area (Å²) in [5.41, 5.74) is 3.07. The SMILES string of the molecule is CC(NCC1(C)CCOCC1)c1ccc2[nH]c(=O)[nH]c2c1. The summed E-state index contributed by atoms with van der Waals surface area (Å²) >= 11 is 0. The molecule has 1 atom stereocenters. The van der Waals surface area contributed by atoms with Gasteiger partial charge in [-0.05, 0) is 42.9 Å². The number of hydrogen-bond acceptors (Lipinski definition) is 3. The van der Waals surface area contributed by atoms with Crippen LogP contribution in [-0.4, -0.2) is 29.7 Å². The molecular formula is C16H23N3O2. The second-order valence-electron chi connectivity index (χ2n) is 6.41. The van der Waals surface area contributed by atoms with Gasteiger partial charge < -0.3 is 20.0 Å². The number of ether oxygens (including phenoxy) is 1. The number of rotatable bonds is 4. The summed E-state index contributed by atoms with van der Waals surface area (Å²) in [5.74, 6) is 0. The van der Waals surface area contributed by atoms with Gasteiger partial charge in [-0.1, -0.05) is 13.0 Å². The molecule has 114 valence electrons. The van der Waals surface area contributed by atoms with Gasteiger partial charge in [0.05, 0.1) is 11.0 Å². The van der Waals surface area contributed by atoms with Crippen LogP contribution in [0.4, 0.5) is 0 Å². The maximum atomic E-state index is 11.3. The minimum atomic E-state index is -0.155. The molecule has 5 nitrogen and oxygen atoms in total. The average Bonchev–Trinajstić information content (AvgIpc) is 2.84. The van der Waals surface area contributed by atoms with Gasteiger partial charge in [0.25, 0.3) is 0 Å². The molecule has 2 heterocycles. The van der Waals surface area contributed by atoms with Crippen molar-refractivity contribution in [3.63, 3.8) is 0 Å². The number of nitrogens with one attached hydrogen (secondary N) is 3. The Kier molecular flexibility index (Phi) is 3.87. The van der Waals surface area contributed by atoms with Crippen molar-refractivity contribution in [2.24, 2.45) is 5.41 Å². The molecule has 0 spiro atoms. The number of fused-ring (bicyclic) bond motifs is 1. The minimum absolute atomic E-state index is 0.155. The molecule has 0 aliphatic carbocycles. The summed E-state index contributed by atoms with van der Waals surface area (Å²) in [7, 11) is 0. The van der Waals surface area contributed by atoms with Crippen molar-refractivity contribution in [1.82, 2.24) is 15.3 Å². The molecule has 3 N–H and O–H groups in total. The van der Waals surface area contributed by atoms with Crippen molar-refractivity contribution in [1.29, 1.82) is 0 Å². The van der Waals surface area contributed by atoms with Crippen LogP contribution < -0.4 is 11.0 Å². The van der Waals surface area contributed by atoms with E-state index in [0.717, 1.165) is 43.6 Å². The molecule has 0 amide bonds. The summed E-state index contributed by atoms with van der Waals surface area (Å²) in [5, 5.41) is 3.62. The van der Waals surface area contributed by atoms with Crippen LogP contribution in [0.1, 0.15) is 38.3 Å². The largest absolute Gasteiger partial charge is 0.381 e. The van der Waals surface area contributed by atoms with E-state index in [2.05, 4.69) is 35.2 Å². The number of benzene rings is 1. The molecule has 1 fully saturated rings. The van der Waals surface area contributed by atoms with Crippen molar-refractivity contribution < 1.29 is 4.74 Å². The maximum absolute atomic E-state index is 11.3. The lowest BCUT2D eigenvalue weighted by Gasteiger charge is -2.34. The summed E-state index contributed by atoms with van der Waals surface area (Å²) < 4.78 is 5.44. The van der Waals surface area contributed by atoms with E-state index < -0.39 is 0 Å². The van der Waals surface area contributed by atoms with E-state index in [1.54, 1.807) is 0 Å². The highest BCUT2D eigenvalue weighted by Crippen LogP contribution is 2.29. The lowest BCUT2D eigenvalue weighted by molar-refractivity contribution is 0.0231. The zero-order chi connectivity index (χ0) is 14.9. The molecule has 0 bridgehead atoms. The maximum Gasteiger partial charge on any atom is 0.323 e. The quantitative estimate of drug-likeness (QED) is 0.809. The molecule has 21 heavy (non-hydrogen) atoms. The molecule has 0 radical (unpaired) electrons. The molecule has 1 aromatic carbocycles. The summed E-state index contributed by atoms with van der Waals surface area (Å²) in [6.07, 6.45) is 2.22. The average molecular weight is 289 g/mol. The van der Waals surface area contributed by atoms with E-state index in [0.29, 0.717) is 5.41 Å². The summed E-state index contributed by atoms with van der Waals surface area (Å²) in [6.45, 7) is 7.20. The van der Waals surface area contributed by atoms with E-state index in [-0.39, 0.29) is 11.7 Å². The first-order valence-corrected chi connectivity index (χ1v) is 7.59. The number of aromatic nitrogens is 2. The fourth-order valence-electron chi connectivity index (χ4n) is 2.88. The van der Waals surface area contributed by atoms with E-state index in [1.807, 2.05) is 12.1 Å². The van der Waals surface area contributed by atoms with Crippen molar-refractivity contribution in [2.45, 2.75) is 32.7 Å². The fraction of sp³-hybridized carbons (Fsp3) is 0.562. The predicted molar refractivity (Wildman–Crippen MR) is 83.5 cm³/mol. The first-order valence-electron chi connectivity index (χ1n) is 7.59. The van der Waals surface area contributed by atoms with Crippen LogP contribution in [0.25, 0.3) is 11.0 Å². The van der Waals surface area contributed by atoms with Gasteiger partial charge in [0.2, 0.25) is 0 Å². The number of hydrogen-bond donors (Lipinski definition) is 3. The van der Waals surface area contributed by atoms with Crippen LogP contribution in [0.5, 0.6) is 0 Å². The van der Waals surface area contributed by atoms with Crippen LogP contribution in [0.2, 0.25) is 0 Å². The molecule has 2 aromatic rings. The van der Waals surface area contributed by atoms with Gasteiger partial charge in [0.15, 0.2) is 0 Å². The van der Waals surface area contributed by atoms with Crippen LogP contribution in [-0.2, 0) is 4.74 Å². The van der Waals surface area contributed by atoms with E-state index in [4.69, 9.17) is 4.74 Å². The Morgan fingerprint density at radius 1 is 1.29 bits per heavy atom. The summed E-state index contributed by atoms with van der Waals surface area (Å²) in [6, 6.07) is 6.32. The zero-order valence-corrected chi connectivity index (χ0v) is 12.7. The second kappa shape index (κ2) is 5.66. The zero-order valence-electron chi connectivity index (χ0n) is 12.7. The molecular weight excluding hydrogens is 266 g/mol. The molecule has 1 unspecified atom stereocenters. The lowest BCUT2D eigenvalue weighted by atomic mass is 9.82. The number of aromatic amines is 2. The van der Waals surface area contributed by atoms with Crippen molar-refractivity contribution >= 4 is 11.0 Å². The van der Waals surface area contributed by atoms with Gasteiger partial charge in [-0.3, -0.25) is 0 Å². The van der Waals surface area contributed by atoms with E-state index >= 15 is 0 Å². The van der Waals surface area contributed by atoms with Crippen LogP contribution >= 0.6 is 0 Å². The summed E-state index contributed by atoms with van der Waals surface area (Å²) in [4.78, 5) is 16.9. The Hall–Kier alpha value is -1.59. The van der Waals surface area contributed by atoms with Crippen molar-refractivity contribution in [3.8, 4) is 0 Å². The molecule has 5 heteroatoms. The van der Waals surface area contributed by atoms with Crippen molar-refractivity contribution in [2.75, 3.05) is 19.8 Å². The molecule has 0 saturated carbocycles. The molecule has 1 aromatic heterocycles. The van der Waals surface area contributed by atoms with E-state index in [1.165, 1.54) is 5.56 Å². The van der Waals surface area contributed by atoms with Crippen LogP contribution in [0.3, 0.4) is 0 Å². The van der Waals surface area contributed by atoms with Gasteiger partial charge >= 0.3 is 5.69 Å². The van der Waals surface area contributed by atoms with E-state index in [9.17, 15) is 4.79 Å². The smallest absolute Gasteiger partial charge is 0.323 e. The number of imidazole rings is 1. The predicted octanol–water partition coefficient (Wildman–Crippen LogP) is 2.32. The standard InChI is InChI=1S/C16H23N3O2/c1-11(17-10-16(2)5-7-21-8-6-16)12-3-4-13-14(9-12)19-15(20)18-13/h3-4,9,11,17H,5-8,10H2,1-2H3,(H2,18,19,20). The Morgan fingerprint density at radius 2 is 2.00 bits per heavy atom. The Morgan fingerprint density at radius 3 is 2.76 bits per heavy atom. The highest BCUT2D eigenvalue weighted by Gasteiger charge is 2.27. The molecule has 1 saturated heterocycles. The van der Waals surface area contributed by atoms with Gasteiger partial charge in [0.1, 0.15) is 0 Å². The topological polar surface area (TPSA) is 69.9 Å². The monoisotopic (exact) mass is 289 g/mol. The number of H-pyrrole nitrogens is 2. The molecule has 1 aliphatic heterocycles. The normalized spacial score (nSPS) is 19.7. The van der Waals surface area contributed by atoms with Gasteiger partial charge in [-0.25, -0.2) is 4.79 Å². The third-order valence-electron chi connectivity index (χ3n) is 4.57. The van der Waals surface area contributed by atoms with Crippen molar-refractivity contribution in [3.05, 3.63) is 34.2 Å². The molecule has 1 aliphatic rings. The second-order valence-corrected chi connectivity index (χ2v) is 6.41. The van der Waals surface area contributed by atoms with Crippen LogP contribution in [0.15, 0.2) is 23.0 Å². The Labute approximate surface area is 124 Å². The highest BCUT2D eigenvalue weighted by molar-refractivity contribution is 5.75. The van der Waals surface area contributed by atoms with Gasteiger partial charge in [-0.2, -0.15) is 0 Å². The Bertz CT molecular complexity index is 667. The first kappa shape index (κ1) is 14.4. The minimum Gasteiger partial charge on any atom is -0.381 e. The third-order valence-corrected chi connectivity index (χ3v) is 4.57. The Balaban J connectivity index is 1.68. The van der Waals surface area contributed by atoms with Gasteiger partial charge in [0, 0.05) is 25.8 Å². The first-order chi connectivity index (χ1) is 10.1. The molecule has 3 rings (SSSR count). The van der Waals surface area contributed by atoms with Gasteiger partial charge in [-0.15, -0.1) is 0 Å². The van der Waals surface area contributed by atoms with Crippen LogP contribution in [0, 0.1) is 5.41 Å².